The summed E-state index contributed by atoms with van der Waals surface area (Å²) < 4.78 is 133. The average molecular weight is 1830 g/mol. The lowest BCUT2D eigenvalue weighted by molar-refractivity contribution is -0.128. The van der Waals surface area contributed by atoms with E-state index in [1.165, 1.54) is 15.9 Å². The number of amides is 4. The minimum Gasteiger partial charge on any atom is -0.468 e. The second-order valence-electron chi connectivity index (χ2n) is 36.2. The topological polar surface area (TPSA) is 346 Å². The van der Waals surface area contributed by atoms with Gasteiger partial charge in [0.05, 0.1) is 18.8 Å². The lowest BCUT2D eigenvalue weighted by atomic mass is 9.92. The van der Waals surface area contributed by atoms with Crippen LogP contribution in [0.3, 0.4) is 0 Å². The van der Waals surface area contributed by atoms with Crippen LogP contribution in [0.2, 0.25) is 0 Å². The normalized spacial score (nSPS) is 20.4. The highest BCUT2D eigenvalue weighted by molar-refractivity contribution is 7.79. The number of nitrogens with zero attached hydrogens (tertiary/aromatic N) is 1. The lowest BCUT2D eigenvalue weighted by Gasteiger charge is -2.29. The minimum absolute atomic E-state index is 0. The number of nitrogens with two attached hydrogens (primary N) is 2. The number of ether oxygens (including phenoxy) is 7. The van der Waals surface area contributed by atoms with Crippen LogP contribution in [0, 0.1) is 6.57 Å². The van der Waals surface area contributed by atoms with Gasteiger partial charge in [-0.25, -0.2) is 65.7 Å². The van der Waals surface area contributed by atoms with Crippen molar-refractivity contribution in [3.8, 4) is 0 Å². The Bertz CT molecular complexity index is 3360. The molecular formula is C91H147ClF8N7O17P. The van der Waals surface area contributed by atoms with Crippen molar-refractivity contribution in [3.05, 3.63) is 102 Å². The zero-order valence-corrected chi connectivity index (χ0v) is 77.2. The Labute approximate surface area is 744 Å². The van der Waals surface area contributed by atoms with Crippen LogP contribution in [0.5, 0.6) is 0 Å². The van der Waals surface area contributed by atoms with Crippen molar-refractivity contribution in [2.45, 2.75) is 404 Å². The van der Waals surface area contributed by atoms with Crippen molar-refractivity contribution in [2.75, 3.05) is 6.61 Å². The first-order valence-corrected chi connectivity index (χ1v) is 43.9. The average Bonchev–Trinajstić information content (AvgIpc) is 0.817. The predicted octanol–water partition coefficient (Wildman–Crippen LogP) is 20.0. The molecule has 0 aliphatic heterocycles. The molecule has 0 saturated heterocycles. The summed E-state index contributed by atoms with van der Waals surface area (Å²) >= 11 is 0. The van der Waals surface area contributed by atoms with Gasteiger partial charge < -0.3 is 81.0 Å². The number of carbonyl (C=O) groups excluding carboxylic acids is 8. The molecule has 10 rings (SSSR count). The number of aliphatic hydroxyl groups is 2. The summed E-state index contributed by atoms with van der Waals surface area (Å²) in [7, 11) is -0.446. The van der Waals surface area contributed by atoms with Gasteiger partial charge in [0, 0.05) is 113 Å². The number of ketones is 1. The summed E-state index contributed by atoms with van der Waals surface area (Å²) in [5, 5.41) is 33.2. The summed E-state index contributed by atoms with van der Waals surface area (Å²) in [6.07, 6.45) is 8.92. The summed E-state index contributed by atoms with van der Waals surface area (Å²) in [6.45, 7) is 35.6. The van der Waals surface area contributed by atoms with Crippen molar-refractivity contribution in [2.24, 2.45) is 11.5 Å². The van der Waals surface area contributed by atoms with E-state index in [-0.39, 0.29) is 138 Å². The molecule has 7 fully saturated rings. The van der Waals surface area contributed by atoms with Crippen LogP contribution < -0.4 is 48.6 Å². The van der Waals surface area contributed by atoms with Crippen molar-refractivity contribution in [3.63, 3.8) is 0 Å². The Balaban J connectivity index is 0. The van der Waals surface area contributed by atoms with Crippen LogP contribution in [0.15, 0.2) is 91.0 Å². The smallest absolute Gasteiger partial charge is 0.468 e. The van der Waals surface area contributed by atoms with Crippen LogP contribution in [0.4, 0.5) is 59.1 Å². The van der Waals surface area contributed by atoms with E-state index in [1.807, 2.05) is 41.5 Å². The molecule has 7 aliphatic rings. The number of hydrogen-bond acceptors (Lipinski definition) is 19. The number of halogens is 9. The Hall–Kier alpha value is -7.69. The van der Waals surface area contributed by atoms with E-state index in [4.69, 9.17) is 46.8 Å². The quantitative estimate of drug-likeness (QED) is 0.0178. The van der Waals surface area contributed by atoms with E-state index in [0.29, 0.717) is 89.7 Å². The molecule has 7 saturated carbocycles. The number of rotatable bonds is 10. The fourth-order valence-electron chi connectivity index (χ4n) is 12.4. The monoisotopic (exact) mass is 1830 g/mol. The molecule has 3 aromatic rings. The number of hydrogen-bond donors (Lipinski definition) is 8. The van der Waals surface area contributed by atoms with Crippen LogP contribution in [-0.4, -0.2) is 172 Å². The summed E-state index contributed by atoms with van der Waals surface area (Å²) in [5.41, 5.74) is 8.15. The number of alkyl halides is 8. The molecular weight excluding hydrogens is 1680 g/mol. The second kappa shape index (κ2) is 59.4. The van der Waals surface area contributed by atoms with Crippen molar-refractivity contribution < 1.29 is 117 Å². The van der Waals surface area contributed by atoms with Gasteiger partial charge in [-0.3, -0.25) is 14.4 Å². The molecule has 3 aromatic carbocycles. The largest absolute Gasteiger partial charge is 0.519 e. The molecule has 34 heteroatoms. The number of Topliss-reactive ketones (excluding diaryl/α,β-unsaturated/α-hetero) is 1. The highest BCUT2D eigenvalue weighted by atomic mass is 35.5. The molecule has 0 spiro atoms. The Morgan fingerprint density at radius 2 is 0.712 bits per heavy atom. The molecule has 10 N–H and O–H groups in total. The Morgan fingerprint density at radius 3 is 0.976 bits per heavy atom. The number of nitrogens with one attached hydrogen (secondary N) is 4. The molecule has 0 bridgehead atoms. The third kappa shape index (κ3) is 63.8. The number of aliphatic hydroxyl groups excluding tert-OH is 2. The minimum atomic E-state index is -2.56. The van der Waals surface area contributed by atoms with Gasteiger partial charge in [0.1, 0.15) is 33.8 Å². The van der Waals surface area contributed by atoms with Gasteiger partial charge in [-0.15, -0.1) is 12.4 Å². The van der Waals surface area contributed by atoms with Gasteiger partial charge in [0.2, 0.25) is 36.1 Å². The number of alkyl carbamates (subject to hydrolysis) is 3. The zero-order chi connectivity index (χ0) is 93.5. The van der Waals surface area contributed by atoms with Gasteiger partial charge >= 0.3 is 30.6 Å². The van der Waals surface area contributed by atoms with E-state index in [1.54, 1.807) is 69.2 Å². The highest BCUT2D eigenvalue weighted by Gasteiger charge is 2.39. The lowest BCUT2D eigenvalue weighted by Crippen LogP contribution is -2.42. The van der Waals surface area contributed by atoms with E-state index < -0.39 is 78.0 Å². The molecule has 0 unspecified atom stereocenters. The van der Waals surface area contributed by atoms with Crippen LogP contribution in [0.1, 0.15) is 298 Å². The molecule has 125 heavy (non-hydrogen) atoms. The fourth-order valence-corrected chi connectivity index (χ4v) is 14.7. The molecule has 0 radical (unpaired) electrons. The molecule has 0 atom stereocenters. The van der Waals surface area contributed by atoms with Gasteiger partial charge in [-0.05, 0) is 237 Å². The maximum atomic E-state index is 12.8. The van der Waals surface area contributed by atoms with E-state index in [2.05, 4.69) is 127 Å². The summed E-state index contributed by atoms with van der Waals surface area (Å²) in [4.78, 5) is 89.5. The van der Waals surface area contributed by atoms with E-state index in [9.17, 15) is 78.6 Å². The molecule has 0 heterocycles. The van der Waals surface area contributed by atoms with Crippen molar-refractivity contribution in [1.82, 2.24) is 21.3 Å². The second-order valence-corrected chi connectivity index (χ2v) is 38.4. The van der Waals surface area contributed by atoms with Crippen LogP contribution in [0.25, 0.3) is 4.85 Å². The van der Waals surface area contributed by atoms with Gasteiger partial charge in [0.25, 0.3) is 6.47 Å². The summed E-state index contributed by atoms with van der Waals surface area (Å²) in [6, 6.07) is 32.6. The highest BCUT2D eigenvalue weighted by Crippen LogP contribution is 2.37. The number of benzene rings is 3. The molecule has 716 valence electrons. The SMILES string of the molecule is C.CC(C)(C)OC(=O)NC1CCC(=O)CC1.CC(C)(C)OC(=O)NC1CCC(F)(F)CC1.CC(C)(C)OC(=O)NC1CCC(O)CC1.CC(C)(C)OC(=O)OC(=O)OC(C)(C)C.CCOC=O.Cl.NC1CCC(F)(F)CC1.NC1CCC(O)CC1.O=CNC1CCC(F)(F)CC1.[C-]#[N+]C1CCC(F)(F)CC1.c1ccc(P(c2ccccc2)c2ccccc2)cc1. The standard InChI is InChI=1S/C18H15P.C11H19F2NO2.C11H21NO3.C11H19NO3.C10H18O5.C7H11F2NO.C7H9F2N.C6H11F2N.C6H13NO.C3H6O2.CH4.ClH/c1-4-10-16(11-5-1)19(17-12-6-2-7-13-17)18-14-8-3-9-15-18;1-10(2,3)16-9(15)14-8-4-6-11(12,13)7-5-8;2*1-11(2,3)15-10(14)12-8-4-6-9(13)7-5-8;1-9(2,3)14-7(11)13-8(12)15-10(4,5)6;8-7(9)3-1-6(2-4-7)10-5-11;1-10-6-2-4-7(8,9)5-3-6;7-6(8)3-1-5(9)2-4-6;7-5-1-3-6(8)4-2-5;1-2-5-3-4;;/h1-15H;8H,4-7H2,1-3H3,(H,14,15);8-9,13H,4-7H2,1-3H3,(H,12,14);8H,4-7H2,1-3H3,(H,12,14);1-6H3;5-6H,1-4H2,(H,10,11);6H,2-5H2;5H,1-4,9H2;5-6,8H,1-4,7H2;3H,2H2,1H3;1H4;1H. The first-order valence-electron chi connectivity index (χ1n) is 42.5. The molecule has 24 nitrogen and oxygen atoms in total. The fraction of sp³-hybridized carbons (Fsp3) is 0.703. The van der Waals surface area contributed by atoms with Gasteiger partial charge in [-0.2, -0.15) is 0 Å². The van der Waals surface area contributed by atoms with Crippen molar-refractivity contribution >= 4 is 85.5 Å². The molecule has 7 aliphatic carbocycles. The zero-order valence-electron chi connectivity index (χ0n) is 75.5. The maximum Gasteiger partial charge on any atom is 0.519 e. The van der Waals surface area contributed by atoms with Crippen molar-refractivity contribution in [1.29, 1.82) is 0 Å². The third-order valence-corrected chi connectivity index (χ3v) is 21.2. The van der Waals surface area contributed by atoms with Crippen LogP contribution in [-0.2, 0) is 47.5 Å². The maximum absolute atomic E-state index is 12.8. The summed E-state index contributed by atoms with van der Waals surface area (Å²) in [5.74, 6) is -9.68. The molecule has 0 aromatic heterocycles. The number of carbonyl (C=O) groups is 8. The van der Waals surface area contributed by atoms with Gasteiger partial charge in [-0.1, -0.05) is 98.4 Å². The predicted molar refractivity (Wildman–Crippen MR) is 475 cm³/mol. The van der Waals surface area contributed by atoms with E-state index >= 15 is 0 Å². The van der Waals surface area contributed by atoms with Gasteiger partial charge in [0.15, 0.2) is 0 Å². The third-order valence-electron chi connectivity index (χ3n) is 18.7. The molecule has 4 amide bonds. The Kier molecular flexibility index (Phi) is 56.7. The first kappa shape index (κ1) is 119. The van der Waals surface area contributed by atoms with E-state index in [0.717, 1.165) is 64.2 Å². The van der Waals surface area contributed by atoms with Crippen LogP contribution >= 0.6 is 20.3 Å². The first-order chi connectivity index (χ1) is 56.9. The Morgan fingerprint density at radius 1 is 0.440 bits per heavy atom.